The molecule has 0 bridgehead atoms. The van der Waals surface area contributed by atoms with Crippen LogP contribution in [0.4, 0.5) is 17.5 Å². The van der Waals surface area contributed by atoms with Gasteiger partial charge in [0.1, 0.15) is 0 Å². The Morgan fingerprint density at radius 2 is 1.83 bits per heavy atom. The lowest BCUT2D eigenvalue weighted by Gasteiger charge is -2.30. The standard InChI is InChI=1S/C18H25N5/c1-13(2)15-4-6-16(7-5-15)20-18-21-17(12-19-22-18)23-10-8-14(3)9-11-23/h4-7,12-14H,8-11H2,1-3H3,(H,20,21,22). The van der Waals surface area contributed by atoms with Gasteiger partial charge in [0.2, 0.25) is 5.95 Å². The van der Waals surface area contributed by atoms with Crippen LogP contribution in [-0.2, 0) is 0 Å². The Balaban J connectivity index is 1.70. The molecule has 5 nitrogen and oxygen atoms in total. The number of aromatic nitrogens is 3. The minimum atomic E-state index is 0.534. The van der Waals surface area contributed by atoms with Gasteiger partial charge in [-0.1, -0.05) is 32.9 Å². The van der Waals surface area contributed by atoms with Crippen molar-refractivity contribution >= 4 is 17.5 Å². The van der Waals surface area contributed by atoms with E-state index >= 15 is 0 Å². The van der Waals surface area contributed by atoms with Crippen LogP contribution in [0, 0.1) is 5.92 Å². The molecular weight excluding hydrogens is 286 g/mol. The van der Waals surface area contributed by atoms with Crippen molar-refractivity contribution in [2.24, 2.45) is 5.92 Å². The topological polar surface area (TPSA) is 53.9 Å². The lowest BCUT2D eigenvalue weighted by atomic mass is 9.99. The Labute approximate surface area is 138 Å². The van der Waals surface area contributed by atoms with Crippen LogP contribution >= 0.6 is 0 Å². The van der Waals surface area contributed by atoms with Crippen LogP contribution in [-0.4, -0.2) is 28.3 Å². The first kappa shape index (κ1) is 15.7. The maximum Gasteiger partial charge on any atom is 0.249 e. The van der Waals surface area contributed by atoms with E-state index in [1.54, 1.807) is 6.20 Å². The average molecular weight is 311 g/mol. The molecule has 0 spiro atoms. The first-order valence-electron chi connectivity index (χ1n) is 8.43. The number of anilines is 3. The normalized spacial score (nSPS) is 15.9. The number of piperidine rings is 1. The molecule has 3 rings (SSSR count). The Bertz CT molecular complexity index is 630. The molecule has 2 aromatic rings. The molecule has 1 saturated heterocycles. The lowest BCUT2D eigenvalue weighted by molar-refractivity contribution is 0.436. The van der Waals surface area contributed by atoms with Crippen LogP contribution in [0.3, 0.4) is 0 Å². The van der Waals surface area contributed by atoms with Crippen molar-refractivity contribution in [2.75, 3.05) is 23.3 Å². The summed E-state index contributed by atoms with van der Waals surface area (Å²) in [7, 11) is 0. The van der Waals surface area contributed by atoms with Crippen LogP contribution in [0.25, 0.3) is 0 Å². The van der Waals surface area contributed by atoms with Crippen molar-refractivity contribution in [2.45, 2.75) is 39.5 Å². The Kier molecular flexibility index (Phi) is 4.74. The maximum atomic E-state index is 4.62. The zero-order chi connectivity index (χ0) is 16.2. The third-order valence-corrected chi connectivity index (χ3v) is 4.49. The van der Waals surface area contributed by atoms with E-state index in [-0.39, 0.29) is 0 Å². The first-order chi connectivity index (χ1) is 11.1. The number of hydrogen-bond donors (Lipinski definition) is 1. The smallest absolute Gasteiger partial charge is 0.249 e. The highest BCUT2D eigenvalue weighted by Gasteiger charge is 2.17. The molecule has 1 N–H and O–H groups in total. The van der Waals surface area contributed by atoms with Gasteiger partial charge < -0.3 is 10.2 Å². The van der Waals surface area contributed by atoms with Gasteiger partial charge in [-0.05, 0) is 42.4 Å². The highest BCUT2D eigenvalue weighted by molar-refractivity contribution is 5.55. The van der Waals surface area contributed by atoms with Crippen LogP contribution in [0.15, 0.2) is 30.5 Å². The molecule has 1 aliphatic heterocycles. The van der Waals surface area contributed by atoms with Crippen molar-refractivity contribution in [1.82, 2.24) is 15.2 Å². The van der Waals surface area contributed by atoms with E-state index in [1.165, 1.54) is 18.4 Å². The van der Waals surface area contributed by atoms with Crippen LogP contribution < -0.4 is 10.2 Å². The fourth-order valence-electron chi connectivity index (χ4n) is 2.82. The van der Waals surface area contributed by atoms with Gasteiger partial charge in [0, 0.05) is 18.8 Å². The molecule has 0 radical (unpaired) electrons. The SMILES string of the molecule is CC1CCN(c2cnnc(Nc3ccc(C(C)C)cc3)n2)CC1. The molecule has 1 fully saturated rings. The molecule has 122 valence electrons. The number of rotatable bonds is 4. The third kappa shape index (κ3) is 3.97. The van der Waals surface area contributed by atoms with Gasteiger partial charge in [-0.25, -0.2) is 0 Å². The Hall–Kier alpha value is -2.17. The molecule has 0 unspecified atom stereocenters. The summed E-state index contributed by atoms with van der Waals surface area (Å²) in [5.41, 5.74) is 2.31. The largest absolute Gasteiger partial charge is 0.355 e. The summed E-state index contributed by atoms with van der Waals surface area (Å²) in [6.45, 7) is 8.78. The summed E-state index contributed by atoms with van der Waals surface area (Å²) < 4.78 is 0. The number of benzene rings is 1. The Morgan fingerprint density at radius 1 is 1.13 bits per heavy atom. The van der Waals surface area contributed by atoms with Gasteiger partial charge >= 0.3 is 0 Å². The van der Waals surface area contributed by atoms with Crippen molar-refractivity contribution in [3.8, 4) is 0 Å². The summed E-state index contributed by atoms with van der Waals surface area (Å²) in [5.74, 6) is 2.80. The quantitative estimate of drug-likeness (QED) is 0.925. The summed E-state index contributed by atoms with van der Waals surface area (Å²) in [4.78, 5) is 6.91. The Morgan fingerprint density at radius 3 is 2.48 bits per heavy atom. The molecule has 23 heavy (non-hydrogen) atoms. The molecule has 1 aromatic heterocycles. The van der Waals surface area contributed by atoms with E-state index in [9.17, 15) is 0 Å². The minimum absolute atomic E-state index is 0.534. The van der Waals surface area contributed by atoms with Crippen molar-refractivity contribution in [3.05, 3.63) is 36.0 Å². The van der Waals surface area contributed by atoms with E-state index in [4.69, 9.17) is 0 Å². The van der Waals surface area contributed by atoms with Gasteiger partial charge in [0.25, 0.3) is 0 Å². The molecule has 0 saturated carbocycles. The van der Waals surface area contributed by atoms with Gasteiger partial charge in [0.05, 0.1) is 6.20 Å². The van der Waals surface area contributed by atoms with Gasteiger partial charge in [-0.3, -0.25) is 0 Å². The summed E-state index contributed by atoms with van der Waals surface area (Å²) >= 11 is 0. The zero-order valence-electron chi connectivity index (χ0n) is 14.2. The van der Waals surface area contributed by atoms with E-state index in [0.717, 1.165) is 30.5 Å². The van der Waals surface area contributed by atoms with Crippen LogP contribution in [0.1, 0.15) is 45.1 Å². The average Bonchev–Trinajstić information content (AvgIpc) is 2.56. The predicted molar refractivity (Wildman–Crippen MR) is 94.3 cm³/mol. The first-order valence-corrected chi connectivity index (χ1v) is 8.43. The maximum absolute atomic E-state index is 4.62. The van der Waals surface area contributed by atoms with E-state index in [1.807, 2.05) is 0 Å². The van der Waals surface area contributed by atoms with E-state index < -0.39 is 0 Å². The molecule has 0 amide bonds. The van der Waals surface area contributed by atoms with Crippen molar-refractivity contribution < 1.29 is 0 Å². The second kappa shape index (κ2) is 6.94. The second-order valence-electron chi connectivity index (χ2n) is 6.71. The fraction of sp³-hybridized carbons (Fsp3) is 0.500. The monoisotopic (exact) mass is 311 g/mol. The van der Waals surface area contributed by atoms with E-state index in [2.05, 4.69) is 70.4 Å². The van der Waals surface area contributed by atoms with E-state index in [0.29, 0.717) is 11.9 Å². The second-order valence-corrected chi connectivity index (χ2v) is 6.71. The van der Waals surface area contributed by atoms with Gasteiger partial charge in [-0.15, -0.1) is 5.10 Å². The molecule has 1 aromatic carbocycles. The van der Waals surface area contributed by atoms with Crippen LogP contribution in [0.5, 0.6) is 0 Å². The molecule has 0 aliphatic carbocycles. The minimum Gasteiger partial charge on any atom is -0.355 e. The third-order valence-electron chi connectivity index (χ3n) is 4.49. The summed E-state index contributed by atoms with van der Waals surface area (Å²) in [5, 5.41) is 11.5. The summed E-state index contributed by atoms with van der Waals surface area (Å²) in [6.07, 6.45) is 4.18. The molecule has 2 heterocycles. The zero-order valence-corrected chi connectivity index (χ0v) is 14.2. The predicted octanol–water partition coefficient (Wildman–Crippen LogP) is 3.97. The van der Waals surface area contributed by atoms with Crippen molar-refractivity contribution in [1.29, 1.82) is 0 Å². The van der Waals surface area contributed by atoms with Gasteiger partial charge in [-0.2, -0.15) is 10.1 Å². The molecular formula is C18H25N5. The molecule has 1 aliphatic rings. The lowest BCUT2D eigenvalue weighted by Crippen LogP contribution is -2.33. The summed E-state index contributed by atoms with van der Waals surface area (Å²) in [6, 6.07) is 8.40. The highest BCUT2D eigenvalue weighted by Crippen LogP contribution is 2.22. The van der Waals surface area contributed by atoms with Crippen molar-refractivity contribution in [3.63, 3.8) is 0 Å². The highest BCUT2D eigenvalue weighted by atomic mass is 15.3. The molecule has 5 heteroatoms. The van der Waals surface area contributed by atoms with Crippen LogP contribution in [0.2, 0.25) is 0 Å². The van der Waals surface area contributed by atoms with Gasteiger partial charge in [0.15, 0.2) is 5.82 Å². The number of nitrogens with one attached hydrogen (secondary N) is 1. The number of hydrogen-bond acceptors (Lipinski definition) is 5. The molecule has 0 atom stereocenters. The number of nitrogens with zero attached hydrogens (tertiary/aromatic N) is 4. The fourth-order valence-corrected chi connectivity index (χ4v) is 2.82.